The highest BCUT2D eigenvalue weighted by Crippen LogP contribution is 2.38. The van der Waals surface area contributed by atoms with Gasteiger partial charge in [-0.1, -0.05) is 23.4 Å². The lowest BCUT2D eigenvalue weighted by Crippen LogP contribution is -2.43. The van der Waals surface area contributed by atoms with Gasteiger partial charge in [-0.25, -0.2) is 4.79 Å². The summed E-state index contributed by atoms with van der Waals surface area (Å²) in [5, 5.41) is 7.04. The summed E-state index contributed by atoms with van der Waals surface area (Å²) in [6.07, 6.45) is 4.54. The Morgan fingerprint density at radius 1 is 1.37 bits per heavy atom. The van der Waals surface area contributed by atoms with Crippen molar-refractivity contribution in [1.29, 1.82) is 0 Å². The van der Waals surface area contributed by atoms with Crippen LogP contribution < -0.4 is 10.2 Å². The number of hydrogen-bond acceptors (Lipinski definition) is 5. The zero-order valence-corrected chi connectivity index (χ0v) is 15.9. The molecule has 1 N–H and O–H groups in total. The average Bonchev–Trinajstić information content (AvgIpc) is 3.45. The van der Waals surface area contributed by atoms with Crippen LogP contribution >= 0.6 is 0 Å². The van der Waals surface area contributed by atoms with E-state index in [4.69, 9.17) is 4.52 Å². The summed E-state index contributed by atoms with van der Waals surface area (Å²) in [4.78, 5) is 21.0. The van der Waals surface area contributed by atoms with Crippen molar-refractivity contribution in [3.63, 3.8) is 0 Å². The first-order chi connectivity index (χ1) is 13.2. The van der Waals surface area contributed by atoms with Crippen LogP contribution in [0.5, 0.6) is 0 Å². The van der Waals surface area contributed by atoms with Crippen LogP contribution in [-0.4, -0.2) is 47.3 Å². The second-order valence-electron chi connectivity index (χ2n) is 7.29. The molecule has 0 saturated heterocycles. The number of nitrogens with zero attached hydrogens (tertiary/aromatic N) is 4. The summed E-state index contributed by atoms with van der Waals surface area (Å²) in [6.45, 7) is 5.41. The fourth-order valence-corrected chi connectivity index (χ4v) is 3.58. The van der Waals surface area contributed by atoms with E-state index in [1.807, 2.05) is 6.92 Å². The van der Waals surface area contributed by atoms with Crippen LogP contribution in [-0.2, 0) is 13.0 Å². The van der Waals surface area contributed by atoms with Crippen LogP contribution in [0, 0.1) is 0 Å². The van der Waals surface area contributed by atoms with Crippen LogP contribution in [0.2, 0.25) is 0 Å². The minimum absolute atomic E-state index is 0.0828. The molecular formula is C20H27N5O2. The van der Waals surface area contributed by atoms with Crippen molar-refractivity contribution in [1.82, 2.24) is 20.4 Å². The summed E-state index contributed by atoms with van der Waals surface area (Å²) in [6, 6.07) is 8.45. The third-order valence-electron chi connectivity index (χ3n) is 5.28. The van der Waals surface area contributed by atoms with Crippen molar-refractivity contribution >= 4 is 11.7 Å². The molecule has 0 radical (unpaired) electrons. The summed E-state index contributed by atoms with van der Waals surface area (Å²) in [7, 11) is 0. The van der Waals surface area contributed by atoms with Gasteiger partial charge < -0.3 is 19.6 Å². The van der Waals surface area contributed by atoms with Gasteiger partial charge in [-0.05, 0) is 44.2 Å². The third kappa shape index (κ3) is 4.23. The Labute approximate surface area is 159 Å². The monoisotopic (exact) mass is 369 g/mol. The molecule has 2 aromatic rings. The first-order valence-electron chi connectivity index (χ1n) is 9.92. The number of carbonyl (C=O) groups excluding carboxylic acids is 1. The van der Waals surface area contributed by atoms with Gasteiger partial charge in [0.25, 0.3) is 0 Å². The Bertz CT molecular complexity index is 786. The summed E-state index contributed by atoms with van der Waals surface area (Å²) < 4.78 is 5.28. The fraction of sp³-hybridized carbons (Fsp3) is 0.550. The lowest BCUT2D eigenvalue weighted by molar-refractivity contribution is 0.196. The smallest absolute Gasteiger partial charge is 0.317 e. The van der Waals surface area contributed by atoms with E-state index < -0.39 is 0 Å². The molecule has 1 aromatic carbocycles. The first kappa shape index (κ1) is 17.8. The number of aryl methyl sites for hydroxylation is 1. The molecule has 0 spiro atoms. The maximum atomic E-state index is 12.5. The van der Waals surface area contributed by atoms with Crippen molar-refractivity contribution in [3.8, 4) is 0 Å². The molecule has 1 aliphatic heterocycles. The van der Waals surface area contributed by atoms with Crippen LogP contribution in [0.4, 0.5) is 10.5 Å². The number of aromatic nitrogens is 2. The van der Waals surface area contributed by atoms with Crippen molar-refractivity contribution in [2.75, 3.05) is 31.1 Å². The molecule has 7 nitrogen and oxygen atoms in total. The molecule has 2 aliphatic rings. The van der Waals surface area contributed by atoms with Crippen molar-refractivity contribution < 1.29 is 9.32 Å². The van der Waals surface area contributed by atoms with E-state index in [0.29, 0.717) is 37.3 Å². The first-order valence-corrected chi connectivity index (χ1v) is 9.92. The maximum Gasteiger partial charge on any atom is 0.317 e. The molecule has 0 atom stereocenters. The van der Waals surface area contributed by atoms with Gasteiger partial charge in [0.2, 0.25) is 5.89 Å². The van der Waals surface area contributed by atoms with Gasteiger partial charge in [-0.15, -0.1) is 0 Å². The molecule has 0 bridgehead atoms. The molecule has 2 amide bonds. The number of nitrogens with one attached hydrogen (secondary N) is 1. The molecule has 2 heterocycles. The number of fused-ring (bicyclic) bond motifs is 1. The van der Waals surface area contributed by atoms with Gasteiger partial charge in [0, 0.05) is 37.8 Å². The van der Waals surface area contributed by atoms with Gasteiger partial charge in [0.1, 0.15) is 0 Å². The number of para-hydroxylation sites is 1. The van der Waals surface area contributed by atoms with E-state index in [2.05, 4.69) is 44.6 Å². The molecule has 4 rings (SSSR count). The van der Waals surface area contributed by atoms with E-state index in [1.165, 1.54) is 11.3 Å². The summed E-state index contributed by atoms with van der Waals surface area (Å²) in [5.74, 6) is 1.73. The zero-order chi connectivity index (χ0) is 18.6. The number of rotatable bonds is 7. The normalized spacial score (nSPS) is 16.1. The van der Waals surface area contributed by atoms with Crippen LogP contribution in [0.1, 0.15) is 49.4 Å². The van der Waals surface area contributed by atoms with Crippen LogP contribution in [0.15, 0.2) is 28.8 Å². The highest BCUT2D eigenvalue weighted by molar-refractivity contribution is 5.74. The average molecular weight is 369 g/mol. The highest BCUT2D eigenvalue weighted by atomic mass is 16.5. The lowest BCUT2D eigenvalue weighted by atomic mass is 10.0. The number of urea groups is 1. The van der Waals surface area contributed by atoms with Gasteiger partial charge in [-0.2, -0.15) is 4.98 Å². The van der Waals surface area contributed by atoms with Gasteiger partial charge in [-0.3, -0.25) is 0 Å². The number of carbonyl (C=O) groups is 1. The fourth-order valence-electron chi connectivity index (χ4n) is 3.58. The van der Waals surface area contributed by atoms with Crippen LogP contribution in [0.3, 0.4) is 0 Å². The molecule has 7 heteroatoms. The SMILES string of the molecule is CCN(Cc1noc(C2CC2)n1)C(=O)NCCN1CCCc2ccccc21. The maximum absolute atomic E-state index is 12.5. The van der Waals surface area contributed by atoms with Gasteiger partial charge >= 0.3 is 6.03 Å². The quantitative estimate of drug-likeness (QED) is 0.812. The van der Waals surface area contributed by atoms with Crippen molar-refractivity contribution in [3.05, 3.63) is 41.5 Å². The van der Waals surface area contributed by atoms with E-state index in [0.717, 1.165) is 38.8 Å². The van der Waals surface area contributed by atoms with E-state index in [1.54, 1.807) is 4.90 Å². The highest BCUT2D eigenvalue weighted by Gasteiger charge is 2.30. The molecule has 1 aromatic heterocycles. The molecule has 144 valence electrons. The number of anilines is 1. The standard InChI is InChI=1S/C20H27N5O2/c1-2-24(14-18-22-19(27-23-18)16-9-10-16)20(26)21-11-13-25-12-5-7-15-6-3-4-8-17(15)25/h3-4,6,8,16H,2,5,7,9-14H2,1H3,(H,21,26). The molecular weight excluding hydrogens is 342 g/mol. The number of benzene rings is 1. The van der Waals surface area contributed by atoms with Crippen molar-refractivity contribution in [2.24, 2.45) is 0 Å². The largest absolute Gasteiger partial charge is 0.370 e. The molecule has 1 fully saturated rings. The van der Waals surface area contributed by atoms with Crippen LogP contribution in [0.25, 0.3) is 0 Å². The Balaban J connectivity index is 1.27. The Morgan fingerprint density at radius 2 is 2.22 bits per heavy atom. The van der Waals surface area contributed by atoms with Gasteiger partial charge in [0.15, 0.2) is 5.82 Å². The molecule has 0 unspecified atom stereocenters. The Kier molecular flexibility index (Phi) is 5.27. The van der Waals surface area contributed by atoms with Gasteiger partial charge in [0.05, 0.1) is 6.54 Å². The molecule has 27 heavy (non-hydrogen) atoms. The van der Waals surface area contributed by atoms with E-state index >= 15 is 0 Å². The Hall–Kier alpha value is -2.57. The Morgan fingerprint density at radius 3 is 3.04 bits per heavy atom. The predicted molar refractivity (Wildman–Crippen MR) is 103 cm³/mol. The van der Waals surface area contributed by atoms with E-state index in [9.17, 15) is 4.79 Å². The molecule has 1 saturated carbocycles. The molecule has 1 aliphatic carbocycles. The van der Waals surface area contributed by atoms with E-state index in [-0.39, 0.29) is 6.03 Å². The van der Waals surface area contributed by atoms with Crippen molar-refractivity contribution in [2.45, 2.75) is 45.1 Å². The second kappa shape index (κ2) is 7.98. The second-order valence-corrected chi connectivity index (χ2v) is 7.29. The zero-order valence-electron chi connectivity index (χ0n) is 15.9. The number of amides is 2. The summed E-state index contributed by atoms with van der Waals surface area (Å²) >= 11 is 0. The minimum atomic E-state index is -0.0828. The number of hydrogen-bond donors (Lipinski definition) is 1. The third-order valence-corrected chi connectivity index (χ3v) is 5.28. The topological polar surface area (TPSA) is 74.5 Å². The predicted octanol–water partition coefficient (Wildman–Crippen LogP) is 2.93. The lowest BCUT2D eigenvalue weighted by Gasteiger charge is -2.31. The summed E-state index contributed by atoms with van der Waals surface area (Å²) in [5.41, 5.74) is 2.69. The minimum Gasteiger partial charge on any atom is -0.370 e.